The molecule has 32 heavy (non-hydrogen) atoms. The number of ether oxygens (including phenoxy) is 1. The van der Waals surface area contributed by atoms with Crippen molar-refractivity contribution >= 4 is 33.5 Å². The maximum Gasteiger partial charge on any atom is 0.130 e. The number of benzene rings is 3. The second-order valence-corrected chi connectivity index (χ2v) is 8.26. The van der Waals surface area contributed by atoms with Gasteiger partial charge >= 0.3 is 0 Å². The van der Waals surface area contributed by atoms with Crippen LogP contribution >= 0.6 is 27.5 Å². The van der Waals surface area contributed by atoms with E-state index < -0.39 is 5.97 Å². The summed E-state index contributed by atoms with van der Waals surface area (Å²) in [5.74, 6) is -1.23. The molecule has 160 valence electrons. The number of nitrogens with zero attached hydrogens (tertiary/aromatic N) is 1. The highest BCUT2D eigenvalue weighted by Crippen LogP contribution is 2.38. The maximum atomic E-state index is 14.2. The summed E-state index contributed by atoms with van der Waals surface area (Å²) in [6.45, 7) is 0.0222. The van der Waals surface area contributed by atoms with Gasteiger partial charge in [-0.15, -0.1) is 0 Å². The van der Waals surface area contributed by atoms with E-state index in [1.165, 1.54) is 12.1 Å². The summed E-state index contributed by atoms with van der Waals surface area (Å²) in [7, 11) is 0. The smallest absolute Gasteiger partial charge is 0.130 e. The highest BCUT2D eigenvalue weighted by molar-refractivity contribution is 9.10. The summed E-state index contributed by atoms with van der Waals surface area (Å²) in [6, 6.07) is 22.0. The SMILES string of the molecule is O=C([O-])c1cccc(-c2ccccc2-c2cc(Cl)ccc2OCc2ccc(Br)cc2F)n1. The summed E-state index contributed by atoms with van der Waals surface area (Å²) in [6.07, 6.45) is 0. The van der Waals surface area contributed by atoms with Crippen LogP contribution in [0.25, 0.3) is 22.4 Å². The molecule has 7 heteroatoms. The third kappa shape index (κ3) is 4.82. The van der Waals surface area contributed by atoms with Crippen molar-refractivity contribution in [3.05, 3.63) is 105 Å². The van der Waals surface area contributed by atoms with Crippen LogP contribution in [0.1, 0.15) is 16.1 Å². The first-order valence-corrected chi connectivity index (χ1v) is 10.7. The molecule has 0 unspecified atom stereocenters. The lowest BCUT2D eigenvalue weighted by molar-refractivity contribution is -0.255. The number of pyridine rings is 1. The minimum atomic E-state index is -1.35. The third-order valence-corrected chi connectivity index (χ3v) is 5.52. The van der Waals surface area contributed by atoms with Crippen molar-refractivity contribution in [3.8, 4) is 28.1 Å². The molecule has 0 aliphatic heterocycles. The zero-order valence-electron chi connectivity index (χ0n) is 16.5. The fraction of sp³-hybridized carbons (Fsp3) is 0.0400. The molecule has 0 saturated carbocycles. The largest absolute Gasteiger partial charge is 0.543 e. The lowest BCUT2D eigenvalue weighted by Crippen LogP contribution is -2.23. The van der Waals surface area contributed by atoms with Gasteiger partial charge in [-0.2, -0.15) is 0 Å². The van der Waals surface area contributed by atoms with Crippen LogP contribution in [0.2, 0.25) is 5.02 Å². The van der Waals surface area contributed by atoms with Gasteiger partial charge in [0.05, 0.1) is 17.4 Å². The van der Waals surface area contributed by atoms with Crippen molar-refractivity contribution in [1.82, 2.24) is 4.98 Å². The fourth-order valence-corrected chi connectivity index (χ4v) is 3.78. The number of carbonyl (C=O) groups excluding carboxylic acids is 1. The lowest BCUT2D eigenvalue weighted by Gasteiger charge is -2.16. The number of carbonyl (C=O) groups is 1. The minimum Gasteiger partial charge on any atom is -0.543 e. The number of carboxylic acids is 1. The van der Waals surface area contributed by atoms with Gasteiger partial charge < -0.3 is 14.6 Å². The van der Waals surface area contributed by atoms with Crippen molar-refractivity contribution < 1.29 is 19.0 Å². The van der Waals surface area contributed by atoms with E-state index in [9.17, 15) is 14.3 Å². The molecule has 4 rings (SSSR count). The van der Waals surface area contributed by atoms with E-state index in [0.717, 1.165) is 5.56 Å². The summed E-state index contributed by atoms with van der Waals surface area (Å²) < 4.78 is 20.8. The maximum absolute atomic E-state index is 14.2. The van der Waals surface area contributed by atoms with E-state index in [2.05, 4.69) is 20.9 Å². The minimum absolute atomic E-state index is 0.0222. The molecular formula is C25H15BrClFNO3-. The first-order chi connectivity index (χ1) is 15.4. The molecule has 3 aromatic carbocycles. The Morgan fingerprint density at radius 3 is 2.50 bits per heavy atom. The molecule has 1 aromatic heterocycles. The van der Waals surface area contributed by atoms with E-state index in [1.807, 2.05) is 24.3 Å². The van der Waals surface area contributed by atoms with E-state index in [4.69, 9.17) is 16.3 Å². The number of hydrogen-bond acceptors (Lipinski definition) is 4. The van der Waals surface area contributed by atoms with Gasteiger partial charge in [0.15, 0.2) is 0 Å². The second-order valence-electron chi connectivity index (χ2n) is 6.91. The summed E-state index contributed by atoms with van der Waals surface area (Å²) in [5.41, 5.74) is 2.82. The van der Waals surface area contributed by atoms with Gasteiger partial charge in [0, 0.05) is 26.2 Å². The van der Waals surface area contributed by atoms with E-state index in [1.54, 1.807) is 42.5 Å². The molecule has 0 amide bonds. The number of aromatic carboxylic acids is 1. The molecule has 0 spiro atoms. The van der Waals surface area contributed by atoms with Crippen molar-refractivity contribution in [2.45, 2.75) is 6.61 Å². The first-order valence-electron chi connectivity index (χ1n) is 9.57. The molecule has 0 bridgehead atoms. The van der Waals surface area contributed by atoms with Crippen molar-refractivity contribution in [1.29, 1.82) is 0 Å². The molecule has 4 nitrogen and oxygen atoms in total. The Labute approximate surface area is 197 Å². The normalized spacial score (nSPS) is 10.7. The Bertz CT molecular complexity index is 1310. The average Bonchev–Trinajstić information content (AvgIpc) is 2.79. The Morgan fingerprint density at radius 1 is 0.969 bits per heavy atom. The Morgan fingerprint density at radius 2 is 1.75 bits per heavy atom. The number of carboxylic acid groups (broad SMARTS) is 1. The molecule has 0 saturated heterocycles. The first kappa shape index (κ1) is 22.0. The molecule has 0 fully saturated rings. The van der Waals surface area contributed by atoms with Gasteiger partial charge in [-0.1, -0.05) is 63.9 Å². The molecule has 0 N–H and O–H groups in total. The van der Waals surface area contributed by atoms with Crippen LogP contribution in [0.15, 0.2) is 83.3 Å². The van der Waals surface area contributed by atoms with Gasteiger partial charge in [-0.05, 0) is 48.0 Å². The zero-order chi connectivity index (χ0) is 22.7. The van der Waals surface area contributed by atoms with Gasteiger partial charge in [0.25, 0.3) is 0 Å². The van der Waals surface area contributed by atoms with Crippen LogP contribution in [0.5, 0.6) is 5.75 Å². The molecule has 0 aliphatic carbocycles. The molecule has 0 atom stereocenters. The summed E-state index contributed by atoms with van der Waals surface area (Å²) in [4.78, 5) is 15.5. The summed E-state index contributed by atoms with van der Waals surface area (Å²) >= 11 is 9.51. The molecule has 4 aromatic rings. The Kier molecular flexibility index (Phi) is 6.53. The van der Waals surface area contributed by atoms with Crippen LogP contribution in [0.4, 0.5) is 4.39 Å². The lowest BCUT2D eigenvalue weighted by atomic mass is 9.96. The average molecular weight is 512 g/mol. The predicted molar refractivity (Wildman–Crippen MR) is 123 cm³/mol. The number of aromatic nitrogens is 1. The monoisotopic (exact) mass is 510 g/mol. The number of rotatable bonds is 6. The highest BCUT2D eigenvalue weighted by atomic mass is 79.9. The molecule has 0 aliphatic rings. The second kappa shape index (κ2) is 9.51. The van der Waals surface area contributed by atoms with Gasteiger partial charge in [0.1, 0.15) is 18.2 Å². The van der Waals surface area contributed by atoms with Crippen molar-refractivity contribution in [2.24, 2.45) is 0 Å². The Hall–Kier alpha value is -3.22. The van der Waals surface area contributed by atoms with Crippen molar-refractivity contribution in [3.63, 3.8) is 0 Å². The van der Waals surface area contributed by atoms with Gasteiger partial charge in [-0.25, -0.2) is 9.37 Å². The quantitative estimate of drug-likeness (QED) is 0.323. The summed E-state index contributed by atoms with van der Waals surface area (Å²) in [5, 5.41) is 11.8. The molecule has 0 radical (unpaired) electrons. The standard InChI is InChI=1S/C25H16BrClFNO3/c26-16-9-8-15(21(28)12-16)14-32-24-11-10-17(27)13-20(24)18-4-1-2-5-19(18)22-6-3-7-23(29-22)25(30)31/h1-13H,14H2,(H,30,31)/p-1. The van der Waals surface area contributed by atoms with Crippen LogP contribution in [0, 0.1) is 5.82 Å². The predicted octanol–water partition coefficient (Wildman–Crippen LogP) is 5.91. The molecular weight excluding hydrogens is 497 g/mol. The number of halogens is 3. The van der Waals surface area contributed by atoms with Gasteiger partial charge in [0.2, 0.25) is 0 Å². The third-order valence-electron chi connectivity index (χ3n) is 4.79. The van der Waals surface area contributed by atoms with E-state index >= 15 is 0 Å². The topological polar surface area (TPSA) is 62.2 Å². The van der Waals surface area contributed by atoms with Crippen LogP contribution in [0.3, 0.4) is 0 Å². The van der Waals surface area contributed by atoms with E-state index in [-0.39, 0.29) is 18.1 Å². The number of hydrogen-bond donors (Lipinski definition) is 0. The molecule has 1 heterocycles. The van der Waals surface area contributed by atoms with E-state index in [0.29, 0.717) is 37.6 Å². The van der Waals surface area contributed by atoms with Crippen molar-refractivity contribution in [2.75, 3.05) is 0 Å². The van der Waals surface area contributed by atoms with Crippen LogP contribution in [-0.4, -0.2) is 11.0 Å². The zero-order valence-corrected chi connectivity index (χ0v) is 18.9. The fourth-order valence-electron chi connectivity index (χ4n) is 3.27. The van der Waals surface area contributed by atoms with Crippen LogP contribution in [-0.2, 0) is 6.61 Å². The van der Waals surface area contributed by atoms with Gasteiger partial charge in [-0.3, -0.25) is 0 Å². The Balaban J connectivity index is 1.75. The van der Waals surface area contributed by atoms with Crippen LogP contribution < -0.4 is 9.84 Å². The highest BCUT2D eigenvalue weighted by Gasteiger charge is 2.15.